The van der Waals surface area contributed by atoms with Crippen molar-refractivity contribution in [2.75, 3.05) is 26.2 Å². The van der Waals surface area contributed by atoms with Crippen molar-refractivity contribution in [1.29, 1.82) is 0 Å². The number of hydrogen-bond acceptors (Lipinski definition) is 4. The Labute approximate surface area is 202 Å². The van der Waals surface area contributed by atoms with E-state index in [4.69, 9.17) is 9.15 Å². The van der Waals surface area contributed by atoms with Gasteiger partial charge in [0.25, 0.3) is 0 Å². The van der Waals surface area contributed by atoms with Crippen LogP contribution in [0.2, 0.25) is 0 Å². The van der Waals surface area contributed by atoms with Crippen molar-refractivity contribution in [1.82, 2.24) is 4.90 Å². The molecule has 0 N–H and O–H groups in total. The highest BCUT2D eigenvalue weighted by Gasteiger charge is 2.23. The first-order valence-electron chi connectivity index (χ1n) is 12.2. The van der Waals surface area contributed by atoms with Crippen LogP contribution in [-0.4, -0.2) is 36.9 Å². The van der Waals surface area contributed by atoms with Crippen molar-refractivity contribution in [2.45, 2.75) is 33.6 Å². The number of aryl methyl sites for hydroxylation is 1. The van der Waals surface area contributed by atoms with Crippen molar-refractivity contribution in [3.63, 3.8) is 0 Å². The Morgan fingerprint density at radius 1 is 0.882 bits per heavy atom. The quantitative estimate of drug-likeness (QED) is 0.180. The molecule has 0 fully saturated rings. The second kappa shape index (κ2) is 11.2. The van der Waals surface area contributed by atoms with E-state index in [2.05, 4.69) is 37.8 Å². The summed E-state index contributed by atoms with van der Waals surface area (Å²) in [6.07, 6.45) is 1.94. The summed E-state index contributed by atoms with van der Waals surface area (Å²) >= 11 is 0. The highest BCUT2D eigenvalue weighted by atomic mass is 16.5. The predicted molar refractivity (Wildman–Crippen MR) is 139 cm³/mol. The lowest BCUT2D eigenvalue weighted by atomic mass is 9.97. The molecule has 0 aliphatic heterocycles. The molecule has 1 aromatic heterocycles. The largest absolute Gasteiger partial charge is 0.494 e. The average molecular weight is 456 g/mol. The molecule has 4 aromatic rings. The summed E-state index contributed by atoms with van der Waals surface area (Å²) in [6.45, 7) is 10.3. The van der Waals surface area contributed by atoms with Crippen molar-refractivity contribution in [3.8, 4) is 17.1 Å². The Morgan fingerprint density at radius 2 is 1.59 bits per heavy atom. The van der Waals surface area contributed by atoms with Crippen LogP contribution in [0.3, 0.4) is 0 Å². The minimum absolute atomic E-state index is 0.0485. The zero-order chi connectivity index (χ0) is 23.9. The Bertz CT molecular complexity index is 1220. The van der Waals surface area contributed by atoms with E-state index in [0.29, 0.717) is 29.1 Å². The van der Waals surface area contributed by atoms with Gasteiger partial charge in [-0.25, -0.2) is 0 Å². The van der Waals surface area contributed by atoms with Crippen LogP contribution in [0.25, 0.3) is 22.3 Å². The third-order valence-corrected chi connectivity index (χ3v) is 6.35. The summed E-state index contributed by atoms with van der Waals surface area (Å²) in [7, 11) is 0. The number of hydrogen-bond donors (Lipinski definition) is 0. The minimum atomic E-state index is -0.0485. The number of fused-ring (bicyclic) bond motifs is 1. The molecule has 0 saturated carbocycles. The number of furan rings is 1. The van der Waals surface area contributed by atoms with Gasteiger partial charge >= 0.3 is 0 Å². The van der Waals surface area contributed by atoms with Crippen LogP contribution in [0.15, 0.2) is 77.2 Å². The molecular formula is C30H33NO3. The molecule has 4 rings (SSSR count). The van der Waals surface area contributed by atoms with E-state index in [1.165, 1.54) is 5.56 Å². The van der Waals surface area contributed by atoms with Crippen molar-refractivity contribution in [3.05, 3.63) is 89.5 Å². The Kier molecular flexibility index (Phi) is 7.81. The topological polar surface area (TPSA) is 42.7 Å². The van der Waals surface area contributed by atoms with Gasteiger partial charge in [-0.1, -0.05) is 63.2 Å². The second-order valence-corrected chi connectivity index (χ2v) is 8.44. The van der Waals surface area contributed by atoms with E-state index in [0.717, 1.165) is 49.2 Å². The highest BCUT2D eigenvalue weighted by molar-refractivity contribution is 6.19. The lowest BCUT2D eigenvalue weighted by Crippen LogP contribution is -2.25. The fraction of sp³-hybridized carbons (Fsp3) is 0.300. The molecule has 0 saturated heterocycles. The number of carbonyl (C=O) groups excluding carboxylic acids is 1. The fourth-order valence-electron chi connectivity index (χ4n) is 4.23. The molecule has 0 unspecified atom stereocenters. The van der Waals surface area contributed by atoms with E-state index in [1.807, 2.05) is 60.7 Å². The van der Waals surface area contributed by atoms with E-state index in [-0.39, 0.29) is 5.78 Å². The van der Waals surface area contributed by atoms with Crippen LogP contribution in [0.1, 0.15) is 48.7 Å². The summed E-state index contributed by atoms with van der Waals surface area (Å²) < 4.78 is 12.1. The maximum atomic E-state index is 13.6. The molecule has 0 spiro atoms. The van der Waals surface area contributed by atoms with Crippen LogP contribution in [-0.2, 0) is 6.42 Å². The maximum absolute atomic E-state index is 13.6. The van der Waals surface area contributed by atoms with E-state index in [9.17, 15) is 4.79 Å². The number of benzene rings is 3. The van der Waals surface area contributed by atoms with Gasteiger partial charge in [-0.2, -0.15) is 0 Å². The predicted octanol–water partition coefficient (Wildman–Crippen LogP) is 7.00. The number of rotatable bonds is 11. The Morgan fingerprint density at radius 3 is 2.26 bits per heavy atom. The molecule has 0 radical (unpaired) electrons. The summed E-state index contributed by atoms with van der Waals surface area (Å²) in [4.78, 5) is 16.0. The molecular weight excluding hydrogens is 422 g/mol. The van der Waals surface area contributed by atoms with Crippen molar-refractivity contribution >= 4 is 16.8 Å². The molecule has 176 valence electrons. The molecule has 0 aliphatic rings. The van der Waals surface area contributed by atoms with Crippen LogP contribution < -0.4 is 4.74 Å². The van der Waals surface area contributed by atoms with Crippen molar-refractivity contribution < 1.29 is 13.9 Å². The maximum Gasteiger partial charge on any atom is 0.197 e. The third-order valence-electron chi connectivity index (χ3n) is 6.35. The van der Waals surface area contributed by atoms with Crippen LogP contribution in [0.5, 0.6) is 5.75 Å². The number of para-hydroxylation sites is 1. The first-order valence-corrected chi connectivity index (χ1v) is 12.2. The van der Waals surface area contributed by atoms with Gasteiger partial charge in [-0.15, -0.1) is 0 Å². The Balaban J connectivity index is 1.55. The van der Waals surface area contributed by atoms with Gasteiger partial charge < -0.3 is 14.1 Å². The lowest BCUT2D eigenvalue weighted by Gasteiger charge is -2.17. The standard InChI is InChI=1S/C30H33NO3/c1-4-22-12-14-24(15-13-22)30-28(26-10-7-8-11-27(26)34-30)29(32)23-16-18-25(19-17-23)33-21-9-20-31(5-2)6-3/h7-8,10-19H,4-6,9,20-21H2,1-3H3. The molecule has 34 heavy (non-hydrogen) atoms. The molecule has 0 atom stereocenters. The molecule has 0 amide bonds. The van der Waals surface area contributed by atoms with Gasteiger partial charge in [0.2, 0.25) is 0 Å². The number of carbonyl (C=O) groups is 1. The monoisotopic (exact) mass is 455 g/mol. The first-order chi connectivity index (χ1) is 16.6. The summed E-state index contributed by atoms with van der Waals surface area (Å²) in [5.74, 6) is 1.35. The third kappa shape index (κ3) is 5.23. The molecule has 0 aliphatic carbocycles. The molecule has 1 heterocycles. The number of nitrogens with zero attached hydrogens (tertiary/aromatic N) is 1. The van der Waals surface area contributed by atoms with Crippen LogP contribution in [0.4, 0.5) is 0 Å². The molecule has 3 aromatic carbocycles. The Hall–Kier alpha value is -3.37. The smallest absolute Gasteiger partial charge is 0.197 e. The van der Waals surface area contributed by atoms with E-state index in [1.54, 1.807) is 0 Å². The fourth-order valence-corrected chi connectivity index (χ4v) is 4.23. The van der Waals surface area contributed by atoms with Crippen LogP contribution >= 0.6 is 0 Å². The normalized spacial score (nSPS) is 11.3. The zero-order valence-corrected chi connectivity index (χ0v) is 20.3. The van der Waals surface area contributed by atoms with Gasteiger partial charge in [0.15, 0.2) is 5.78 Å². The molecule has 4 heteroatoms. The zero-order valence-electron chi connectivity index (χ0n) is 20.3. The van der Waals surface area contributed by atoms with Crippen molar-refractivity contribution in [2.24, 2.45) is 0 Å². The van der Waals surface area contributed by atoms with E-state index >= 15 is 0 Å². The van der Waals surface area contributed by atoms with Gasteiger partial charge in [0.05, 0.1) is 12.2 Å². The molecule has 0 bridgehead atoms. The summed E-state index contributed by atoms with van der Waals surface area (Å²) in [5.41, 5.74) is 4.10. The number of ether oxygens (including phenoxy) is 1. The molecule has 4 nitrogen and oxygen atoms in total. The highest BCUT2D eigenvalue weighted by Crippen LogP contribution is 2.35. The van der Waals surface area contributed by atoms with Crippen LogP contribution in [0, 0.1) is 0 Å². The first kappa shape index (κ1) is 23.8. The number of ketones is 1. The van der Waals surface area contributed by atoms with Gasteiger partial charge in [-0.05, 0) is 61.8 Å². The summed E-state index contributed by atoms with van der Waals surface area (Å²) in [5, 5.41) is 0.832. The van der Waals surface area contributed by atoms with Gasteiger partial charge in [0, 0.05) is 23.1 Å². The average Bonchev–Trinajstić information content (AvgIpc) is 3.28. The lowest BCUT2D eigenvalue weighted by molar-refractivity contribution is 0.104. The van der Waals surface area contributed by atoms with E-state index < -0.39 is 0 Å². The summed E-state index contributed by atoms with van der Waals surface area (Å²) in [6, 6.07) is 23.4. The van der Waals surface area contributed by atoms with Gasteiger partial charge in [-0.3, -0.25) is 4.79 Å². The van der Waals surface area contributed by atoms with Gasteiger partial charge in [0.1, 0.15) is 17.1 Å². The second-order valence-electron chi connectivity index (χ2n) is 8.44. The SMILES string of the molecule is CCc1ccc(-c2oc3ccccc3c2C(=O)c2ccc(OCCCN(CC)CC)cc2)cc1. The minimum Gasteiger partial charge on any atom is -0.494 e.